The van der Waals surface area contributed by atoms with E-state index in [9.17, 15) is 4.79 Å². The van der Waals surface area contributed by atoms with E-state index in [1.54, 1.807) is 6.20 Å². The second kappa shape index (κ2) is 3.84. The molecule has 2 heterocycles. The third-order valence-corrected chi connectivity index (χ3v) is 3.25. The van der Waals surface area contributed by atoms with Crippen LogP contribution in [-0.2, 0) is 7.05 Å². The number of nitrogens with zero attached hydrogens (tertiary/aromatic N) is 2. The van der Waals surface area contributed by atoms with Crippen molar-refractivity contribution >= 4 is 17.2 Å². The predicted octanol–water partition coefficient (Wildman–Crippen LogP) is 2.69. The molecule has 0 amide bonds. The summed E-state index contributed by atoms with van der Waals surface area (Å²) in [6, 6.07) is 8.37. The molecule has 0 bridgehead atoms. The minimum absolute atomic E-state index is 0.581. The lowest BCUT2D eigenvalue weighted by Crippen LogP contribution is -1.94. The van der Waals surface area contributed by atoms with Gasteiger partial charge in [0.15, 0.2) is 6.29 Å². The number of fused-ring (bicyclic) bond motifs is 1. The molecule has 0 aliphatic heterocycles. The standard InChI is InChI=1S/C14H13N3O/c1-9-3-4-10-6-13(17(2)12(10)5-9)14-11(8-18)7-15-16-14/h3-8H,1-2H3,(H,15,16). The molecular weight excluding hydrogens is 226 g/mol. The van der Waals surface area contributed by atoms with Crippen molar-refractivity contribution in [1.29, 1.82) is 0 Å². The third kappa shape index (κ3) is 1.46. The van der Waals surface area contributed by atoms with Crippen LogP contribution in [0.5, 0.6) is 0 Å². The van der Waals surface area contributed by atoms with Crippen molar-refractivity contribution in [2.24, 2.45) is 7.05 Å². The molecule has 2 aromatic heterocycles. The first kappa shape index (κ1) is 10.8. The van der Waals surface area contributed by atoms with Crippen molar-refractivity contribution in [2.75, 3.05) is 0 Å². The van der Waals surface area contributed by atoms with Gasteiger partial charge in [-0.15, -0.1) is 0 Å². The lowest BCUT2D eigenvalue weighted by atomic mass is 10.2. The molecule has 90 valence electrons. The SMILES string of the molecule is Cc1ccc2cc(-c3[nH]ncc3C=O)n(C)c2c1. The maximum Gasteiger partial charge on any atom is 0.153 e. The molecule has 0 unspecified atom stereocenters. The molecule has 0 saturated carbocycles. The van der Waals surface area contributed by atoms with Crippen LogP contribution in [0.1, 0.15) is 15.9 Å². The van der Waals surface area contributed by atoms with Gasteiger partial charge in [-0.1, -0.05) is 12.1 Å². The Hall–Kier alpha value is -2.36. The minimum Gasteiger partial charge on any atom is -0.342 e. The number of H-pyrrole nitrogens is 1. The molecule has 0 saturated heterocycles. The lowest BCUT2D eigenvalue weighted by molar-refractivity contribution is 0.112. The largest absolute Gasteiger partial charge is 0.342 e. The smallest absolute Gasteiger partial charge is 0.153 e. The van der Waals surface area contributed by atoms with Gasteiger partial charge in [-0.3, -0.25) is 9.89 Å². The fourth-order valence-electron chi connectivity index (χ4n) is 2.27. The highest BCUT2D eigenvalue weighted by atomic mass is 16.1. The Balaban J connectivity index is 2.30. The molecule has 18 heavy (non-hydrogen) atoms. The first-order chi connectivity index (χ1) is 8.70. The molecule has 0 radical (unpaired) electrons. The second-order valence-corrected chi connectivity index (χ2v) is 4.47. The summed E-state index contributed by atoms with van der Waals surface area (Å²) >= 11 is 0. The van der Waals surface area contributed by atoms with E-state index in [2.05, 4.69) is 46.0 Å². The molecular formula is C14H13N3O. The quantitative estimate of drug-likeness (QED) is 0.699. The van der Waals surface area contributed by atoms with Gasteiger partial charge in [-0.25, -0.2) is 0 Å². The van der Waals surface area contributed by atoms with E-state index >= 15 is 0 Å². The Bertz CT molecular complexity index is 737. The Kier molecular flexibility index (Phi) is 2.30. The molecule has 0 atom stereocenters. The summed E-state index contributed by atoms with van der Waals surface area (Å²) in [5.74, 6) is 0. The van der Waals surface area contributed by atoms with Gasteiger partial charge in [-0.05, 0) is 24.6 Å². The van der Waals surface area contributed by atoms with Gasteiger partial charge in [0.1, 0.15) is 0 Å². The molecule has 1 aromatic carbocycles. The van der Waals surface area contributed by atoms with E-state index in [1.807, 2.05) is 7.05 Å². The number of carbonyl (C=O) groups excluding carboxylic acids is 1. The average Bonchev–Trinajstić information content (AvgIpc) is 2.94. The molecule has 0 fully saturated rings. The Morgan fingerprint density at radius 1 is 1.33 bits per heavy atom. The number of aldehydes is 1. The average molecular weight is 239 g/mol. The maximum atomic E-state index is 11.0. The molecule has 3 rings (SSSR count). The van der Waals surface area contributed by atoms with E-state index in [-0.39, 0.29) is 0 Å². The molecule has 4 heteroatoms. The summed E-state index contributed by atoms with van der Waals surface area (Å²) in [6.45, 7) is 2.07. The van der Waals surface area contributed by atoms with E-state index in [1.165, 1.54) is 5.56 Å². The molecule has 0 aliphatic carbocycles. The minimum atomic E-state index is 0.581. The molecule has 3 aromatic rings. The van der Waals surface area contributed by atoms with Crippen LogP contribution in [0.25, 0.3) is 22.3 Å². The summed E-state index contributed by atoms with van der Waals surface area (Å²) in [4.78, 5) is 11.0. The van der Waals surface area contributed by atoms with Crippen LogP contribution in [0.2, 0.25) is 0 Å². The highest BCUT2D eigenvalue weighted by Crippen LogP contribution is 2.27. The van der Waals surface area contributed by atoms with Crippen molar-refractivity contribution in [3.05, 3.63) is 41.6 Å². The molecule has 1 N–H and O–H groups in total. The number of carbonyl (C=O) groups is 1. The second-order valence-electron chi connectivity index (χ2n) is 4.47. The van der Waals surface area contributed by atoms with Crippen molar-refractivity contribution in [3.8, 4) is 11.4 Å². The fourth-order valence-corrected chi connectivity index (χ4v) is 2.27. The fraction of sp³-hybridized carbons (Fsp3) is 0.143. The summed E-state index contributed by atoms with van der Waals surface area (Å²) in [5.41, 5.74) is 4.68. The van der Waals surface area contributed by atoms with Crippen LogP contribution in [-0.4, -0.2) is 21.1 Å². The van der Waals surface area contributed by atoms with Crippen molar-refractivity contribution in [3.63, 3.8) is 0 Å². The van der Waals surface area contributed by atoms with Crippen LogP contribution < -0.4 is 0 Å². The van der Waals surface area contributed by atoms with Crippen LogP contribution in [0.15, 0.2) is 30.5 Å². The van der Waals surface area contributed by atoms with E-state index in [4.69, 9.17) is 0 Å². The van der Waals surface area contributed by atoms with Crippen molar-refractivity contribution in [1.82, 2.24) is 14.8 Å². The highest BCUT2D eigenvalue weighted by molar-refractivity contribution is 5.91. The molecule has 0 aliphatic rings. The number of benzene rings is 1. The van der Waals surface area contributed by atoms with Crippen LogP contribution >= 0.6 is 0 Å². The number of nitrogens with one attached hydrogen (secondary N) is 1. The Morgan fingerprint density at radius 2 is 2.17 bits per heavy atom. The van der Waals surface area contributed by atoms with Gasteiger partial charge >= 0.3 is 0 Å². The first-order valence-corrected chi connectivity index (χ1v) is 5.75. The lowest BCUT2D eigenvalue weighted by Gasteiger charge is -2.03. The number of rotatable bonds is 2. The predicted molar refractivity (Wildman–Crippen MR) is 70.6 cm³/mol. The zero-order valence-corrected chi connectivity index (χ0v) is 10.3. The number of hydrogen-bond donors (Lipinski definition) is 1. The van der Waals surface area contributed by atoms with Gasteiger partial charge < -0.3 is 4.57 Å². The molecule has 4 nitrogen and oxygen atoms in total. The summed E-state index contributed by atoms with van der Waals surface area (Å²) in [7, 11) is 1.99. The number of aromatic amines is 1. The first-order valence-electron chi connectivity index (χ1n) is 5.75. The van der Waals surface area contributed by atoms with Gasteiger partial charge in [0, 0.05) is 18.0 Å². The van der Waals surface area contributed by atoms with Crippen molar-refractivity contribution in [2.45, 2.75) is 6.92 Å². The summed E-state index contributed by atoms with van der Waals surface area (Å²) in [6.07, 6.45) is 2.37. The zero-order valence-electron chi connectivity index (χ0n) is 10.3. The van der Waals surface area contributed by atoms with Gasteiger partial charge in [0.2, 0.25) is 0 Å². The molecule has 0 spiro atoms. The van der Waals surface area contributed by atoms with Crippen molar-refractivity contribution < 1.29 is 4.79 Å². The highest BCUT2D eigenvalue weighted by Gasteiger charge is 2.13. The number of aromatic nitrogens is 3. The van der Waals surface area contributed by atoms with Crippen LogP contribution in [0.3, 0.4) is 0 Å². The van der Waals surface area contributed by atoms with E-state index in [0.717, 1.165) is 28.6 Å². The van der Waals surface area contributed by atoms with Gasteiger partial charge in [-0.2, -0.15) is 5.10 Å². The Morgan fingerprint density at radius 3 is 2.94 bits per heavy atom. The summed E-state index contributed by atoms with van der Waals surface area (Å²) in [5, 5.41) is 7.97. The Labute approximate surface area is 104 Å². The zero-order chi connectivity index (χ0) is 12.7. The normalized spacial score (nSPS) is 11.0. The van der Waals surface area contributed by atoms with E-state index in [0.29, 0.717) is 5.56 Å². The van der Waals surface area contributed by atoms with Crippen LogP contribution in [0.4, 0.5) is 0 Å². The monoisotopic (exact) mass is 239 g/mol. The van der Waals surface area contributed by atoms with Gasteiger partial charge in [0.25, 0.3) is 0 Å². The number of aryl methyl sites for hydroxylation is 2. The van der Waals surface area contributed by atoms with E-state index < -0.39 is 0 Å². The number of hydrogen-bond acceptors (Lipinski definition) is 2. The topological polar surface area (TPSA) is 50.7 Å². The maximum absolute atomic E-state index is 11.0. The summed E-state index contributed by atoms with van der Waals surface area (Å²) < 4.78 is 2.07. The third-order valence-electron chi connectivity index (χ3n) is 3.25. The van der Waals surface area contributed by atoms with Gasteiger partial charge in [0.05, 0.1) is 23.1 Å². The van der Waals surface area contributed by atoms with Crippen LogP contribution in [0, 0.1) is 6.92 Å².